The fourth-order valence-corrected chi connectivity index (χ4v) is 0.687. The molecule has 0 atom stereocenters. The Bertz CT molecular complexity index is 96.4. The third-order valence-corrected chi connectivity index (χ3v) is 1.63. The second-order valence-electron chi connectivity index (χ2n) is 2.51. The average Bonchev–Trinajstić information content (AvgIpc) is 2.05. The number of alkyl halides is 1. The molecule has 0 saturated heterocycles. The van der Waals surface area contributed by atoms with E-state index in [1.807, 2.05) is 6.92 Å². The van der Waals surface area contributed by atoms with E-state index in [0.717, 1.165) is 0 Å². The maximum atomic E-state index is 13.2. The van der Waals surface area contributed by atoms with E-state index >= 15 is 0 Å². The highest BCUT2D eigenvalue weighted by Crippen LogP contribution is 2.12. The fourth-order valence-electron chi connectivity index (χ4n) is 0.687. The molecule has 0 bridgehead atoms. The minimum Gasteiger partial charge on any atom is -0.382 e. The molecule has 11 heavy (non-hydrogen) atoms. The van der Waals surface area contributed by atoms with E-state index < -0.39 is 5.67 Å². The normalized spacial score (nSPS) is 12.0. The van der Waals surface area contributed by atoms with Crippen LogP contribution in [0.25, 0.3) is 0 Å². The molecule has 0 aromatic carbocycles. The summed E-state index contributed by atoms with van der Waals surface area (Å²) >= 11 is 0. The Morgan fingerprint density at radius 1 is 1.36 bits per heavy atom. The van der Waals surface area contributed by atoms with Gasteiger partial charge in [-0.05, 0) is 6.92 Å². The zero-order chi connectivity index (χ0) is 8.74. The van der Waals surface area contributed by atoms with Crippen LogP contribution < -0.4 is 11.5 Å². The fraction of sp³-hybridized carbons (Fsp3) is 1.00. The summed E-state index contributed by atoms with van der Waals surface area (Å²) < 4.78 is 18.2. The molecule has 0 unspecified atom stereocenters. The summed E-state index contributed by atoms with van der Waals surface area (Å²) in [7, 11) is 0. The monoisotopic (exact) mass is 164 g/mol. The summed E-state index contributed by atoms with van der Waals surface area (Å²) in [6, 6.07) is 0. The lowest BCUT2D eigenvalue weighted by Gasteiger charge is -2.20. The lowest BCUT2D eigenvalue weighted by atomic mass is 10.0. The van der Waals surface area contributed by atoms with Crippen molar-refractivity contribution in [3.63, 3.8) is 0 Å². The highest BCUT2D eigenvalue weighted by Gasteiger charge is 2.25. The summed E-state index contributed by atoms with van der Waals surface area (Å²) in [6.45, 7) is 2.80. The van der Waals surface area contributed by atoms with E-state index in [2.05, 4.69) is 0 Å². The van der Waals surface area contributed by atoms with Crippen molar-refractivity contribution in [2.24, 2.45) is 11.5 Å². The molecular weight excluding hydrogens is 147 g/mol. The Hall–Kier alpha value is -0.190. The largest absolute Gasteiger partial charge is 0.382 e. The SMILES string of the molecule is CCOCCC(F)(CN)CN. The van der Waals surface area contributed by atoms with Gasteiger partial charge in [0, 0.05) is 32.7 Å². The van der Waals surface area contributed by atoms with Gasteiger partial charge in [-0.25, -0.2) is 4.39 Å². The standard InChI is InChI=1S/C7H17FN2O/c1-2-11-4-3-7(8,5-9)6-10/h2-6,9-10H2,1H3. The van der Waals surface area contributed by atoms with E-state index in [4.69, 9.17) is 16.2 Å². The van der Waals surface area contributed by atoms with E-state index in [9.17, 15) is 4.39 Å². The summed E-state index contributed by atoms with van der Waals surface area (Å²) in [5.74, 6) is 0. The van der Waals surface area contributed by atoms with Gasteiger partial charge < -0.3 is 16.2 Å². The number of rotatable bonds is 6. The van der Waals surface area contributed by atoms with Gasteiger partial charge in [0.15, 0.2) is 0 Å². The molecule has 4 N–H and O–H groups in total. The predicted octanol–water partition coefficient (Wildman–Crippen LogP) is 0.0387. The van der Waals surface area contributed by atoms with Crippen molar-refractivity contribution < 1.29 is 9.13 Å². The molecule has 0 spiro atoms. The predicted molar refractivity (Wildman–Crippen MR) is 43.1 cm³/mol. The van der Waals surface area contributed by atoms with E-state index in [-0.39, 0.29) is 19.5 Å². The quantitative estimate of drug-likeness (QED) is 0.545. The molecule has 0 amide bonds. The van der Waals surface area contributed by atoms with Crippen LogP contribution in [-0.2, 0) is 4.74 Å². The van der Waals surface area contributed by atoms with Crippen LogP contribution in [0.5, 0.6) is 0 Å². The Balaban J connectivity index is 3.51. The zero-order valence-corrected chi connectivity index (χ0v) is 6.98. The molecule has 3 nitrogen and oxygen atoms in total. The van der Waals surface area contributed by atoms with Crippen molar-refractivity contribution in [2.45, 2.75) is 19.0 Å². The maximum Gasteiger partial charge on any atom is 0.137 e. The van der Waals surface area contributed by atoms with Gasteiger partial charge in [0.25, 0.3) is 0 Å². The molecule has 0 rings (SSSR count). The number of nitrogens with two attached hydrogens (primary N) is 2. The molecule has 0 aromatic heterocycles. The van der Waals surface area contributed by atoms with Crippen molar-refractivity contribution >= 4 is 0 Å². The van der Waals surface area contributed by atoms with Crippen LogP contribution in [0.15, 0.2) is 0 Å². The molecule has 0 aromatic rings. The van der Waals surface area contributed by atoms with E-state index in [1.54, 1.807) is 0 Å². The summed E-state index contributed by atoms with van der Waals surface area (Å²) in [6.07, 6.45) is 0.286. The minimum absolute atomic E-state index is 0.0312. The lowest BCUT2D eigenvalue weighted by molar-refractivity contribution is 0.0826. The third-order valence-electron chi connectivity index (χ3n) is 1.63. The van der Waals surface area contributed by atoms with Crippen molar-refractivity contribution in [3.05, 3.63) is 0 Å². The molecule has 0 aliphatic carbocycles. The zero-order valence-electron chi connectivity index (χ0n) is 6.98. The van der Waals surface area contributed by atoms with Gasteiger partial charge in [0.1, 0.15) is 5.67 Å². The first-order valence-electron chi connectivity index (χ1n) is 3.85. The summed E-state index contributed by atoms with van der Waals surface area (Å²) in [5.41, 5.74) is 8.94. The number of hydrogen-bond acceptors (Lipinski definition) is 3. The smallest absolute Gasteiger partial charge is 0.137 e. The highest BCUT2D eigenvalue weighted by atomic mass is 19.1. The topological polar surface area (TPSA) is 61.3 Å². The van der Waals surface area contributed by atoms with Gasteiger partial charge in [-0.1, -0.05) is 0 Å². The highest BCUT2D eigenvalue weighted by molar-refractivity contribution is 4.80. The molecule has 4 heteroatoms. The Kier molecular flexibility index (Phi) is 5.36. The van der Waals surface area contributed by atoms with E-state index in [1.165, 1.54) is 0 Å². The number of ether oxygens (including phenoxy) is 1. The van der Waals surface area contributed by atoms with Crippen molar-refractivity contribution in [1.29, 1.82) is 0 Å². The first-order valence-corrected chi connectivity index (χ1v) is 3.85. The van der Waals surface area contributed by atoms with E-state index in [0.29, 0.717) is 13.2 Å². The van der Waals surface area contributed by atoms with Crippen LogP contribution >= 0.6 is 0 Å². The first-order chi connectivity index (χ1) is 5.18. The summed E-state index contributed by atoms with van der Waals surface area (Å²) in [5, 5.41) is 0. The molecule has 0 aliphatic heterocycles. The van der Waals surface area contributed by atoms with Crippen molar-refractivity contribution in [1.82, 2.24) is 0 Å². The van der Waals surface area contributed by atoms with Crippen molar-refractivity contribution in [3.8, 4) is 0 Å². The van der Waals surface area contributed by atoms with Gasteiger partial charge in [-0.2, -0.15) is 0 Å². The van der Waals surface area contributed by atoms with Gasteiger partial charge in [-0.3, -0.25) is 0 Å². The second-order valence-corrected chi connectivity index (χ2v) is 2.51. The van der Waals surface area contributed by atoms with Gasteiger partial charge in [0.05, 0.1) is 0 Å². The minimum atomic E-state index is -1.44. The van der Waals surface area contributed by atoms with Crippen LogP contribution in [0.4, 0.5) is 4.39 Å². The van der Waals surface area contributed by atoms with Crippen LogP contribution in [0.1, 0.15) is 13.3 Å². The molecule has 0 saturated carbocycles. The van der Waals surface area contributed by atoms with Gasteiger partial charge >= 0.3 is 0 Å². The first kappa shape index (κ1) is 10.8. The second kappa shape index (κ2) is 5.46. The Morgan fingerprint density at radius 2 is 1.91 bits per heavy atom. The average molecular weight is 164 g/mol. The molecular formula is C7H17FN2O. The molecule has 0 radical (unpaired) electrons. The molecule has 0 aliphatic rings. The van der Waals surface area contributed by atoms with Crippen LogP contribution in [0.2, 0.25) is 0 Å². The third kappa shape index (κ3) is 4.29. The molecule has 68 valence electrons. The lowest BCUT2D eigenvalue weighted by Crippen LogP contribution is -2.41. The van der Waals surface area contributed by atoms with Crippen LogP contribution in [0.3, 0.4) is 0 Å². The maximum absolute atomic E-state index is 13.2. The van der Waals surface area contributed by atoms with Gasteiger partial charge in [0.2, 0.25) is 0 Å². The summed E-state index contributed by atoms with van der Waals surface area (Å²) in [4.78, 5) is 0. The Labute approximate surface area is 66.9 Å². The van der Waals surface area contributed by atoms with Crippen LogP contribution in [0, 0.1) is 0 Å². The number of halogens is 1. The Morgan fingerprint density at radius 3 is 2.27 bits per heavy atom. The molecule has 0 fully saturated rings. The van der Waals surface area contributed by atoms with Gasteiger partial charge in [-0.15, -0.1) is 0 Å². The molecule has 0 heterocycles. The van der Waals surface area contributed by atoms with Crippen LogP contribution in [-0.4, -0.2) is 32.0 Å². The van der Waals surface area contributed by atoms with Crippen molar-refractivity contribution in [2.75, 3.05) is 26.3 Å². The number of hydrogen-bond donors (Lipinski definition) is 2.